The number of aromatic nitrogens is 1. The molecule has 0 saturated heterocycles. The zero-order chi connectivity index (χ0) is 17.5. The van der Waals surface area contributed by atoms with Gasteiger partial charge in [-0.05, 0) is 53.5 Å². The lowest BCUT2D eigenvalue weighted by molar-refractivity contribution is 0.307. The first-order chi connectivity index (χ1) is 11.5. The lowest BCUT2D eigenvalue weighted by atomic mass is 10.2. The number of aliphatic imine (C=N–C) groups is 1. The highest BCUT2D eigenvalue weighted by Crippen LogP contribution is 2.29. The maximum absolute atomic E-state index is 5.82. The van der Waals surface area contributed by atoms with Crippen LogP contribution in [0.2, 0.25) is 0 Å². The fraction of sp³-hybridized carbons (Fsp3) is 0.333. The monoisotopic (exact) mass is 453 g/mol. The molecule has 1 aromatic carbocycles. The third-order valence-electron chi connectivity index (χ3n) is 3.54. The van der Waals surface area contributed by atoms with E-state index in [4.69, 9.17) is 4.74 Å². The van der Waals surface area contributed by atoms with Crippen molar-refractivity contribution >= 4 is 43.9 Å². The summed E-state index contributed by atoms with van der Waals surface area (Å²) < 4.78 is 7.72. The Hall–Kier alpha value is -1.40. The Balaban J connectivity index is 1.99. The van der Waals surface area contributed by atoms with E-state index in [1.165, 1.54) is 5.56 Å². The number of hydrogen-bond acceptors (Lipinski definition) is 3. The molecule has 0 saturated carbocycles. The molecule has 6 heteroatoms. The van der Waals surface area contributed by atoms with Gasteiger partial charge in [-0.2, -0.15) is 0 Å². The second-order valence-electron chi connectivity index (χ2n) is 5.42. The first-order valence-electron chi connectivity index (χ1n) is 7.78. The molecule has 0 bridgehead atoms. The number of aryl methyl sites for hydroxylation is 1. The van der Waals surface area contributed by atoms with Crippen molar-refractivity contribution in [2.24, 2.45) is 4.99 Å². The van der Waals surface area contributed by atoms with E-state index in [1.54, 1.807) is 0 Å². The van der Waals surface area contributed by atoms with Gasteiger partial charge in [0.1, 0.15) is 0 Å². The number of nitrogens with zero attached hydrogens (tertiary/aromatic N) is 3. The van der Waals surface area contributed by atoms with Crippen molar-refractivity contribution < 1.29 is 4.74 Å². The van der Waals surface area contributed by atoms with Crippen molar-refractivity contribution in [3.05, 3.63) is 50.5 Å². The van der Waals surface area contributed by atoms with Crippen molar-refractivity contribution in [2.45, 2.75) is 20.3 Å². The standard InChI is InChI=1S/C18H21Br2N3O/c1-4-23(3)12-21-17-11-16(20)18(22-13(17)2)24-10-9-14-5-7-15(19)8-6-14/h5-8,11-12H,4,9-10H2,1-3H3/b21-12+. The lowest BCUT2D eigenvalue weighted by Gasteiger charge is -2.11. The normalized spacial score (nSPS) is 11.0. The number of benzene rings is 1. The molecule has 2 rings (SSSR count). The smallest absolute Gasteiger partial charge is 0.228 e. The van der Waals surface area contributed by atoms with Crippen LogP contribution in [0, 0.1) is 6.92 Å². The van der Waals surface area contributed by atoms with Gasteiger partial charge in [-0.1, -0.05) is 28.1 Å². The van der Waals surface area contributed by atoms with Crippen LogP contribution in [0.15, 0.2) is 44.3 Å². The minimum absolute atomic E-state index is 0.577. The molecule has 1 aromatic heterocycles. The molecule has 128 valence electrons. The van der Waals surface area contributed by atoms with Crippen molar-refractivity contribution in [1.82, 2.24) is 9.88 Å². The summed E-state index contributed by atoms with van der Waals surface area (Å²) in [5.41, 5.74) is 2.91. The molecule has 0 unspecified atom stereocenters. The van der Waals surface area contributed by atoms with Crippen LogP contribution in [0.5, 0.6) is 5.88 Å². The van der Waals surface area contributed by atoms with E-state index in [0.29, 0.717) is 12.5 Å². The quantitative estimate of drug-likeness (QED) is 0.429. The van der Waals surface area contributed by atoms with Crippen LogP contribution >= 0.6 is 31.9 Å². The Labute approximate surface area is 160 Å². The number of hydrogen-bond donors (Lipinski definition) is 0. The van der Waals surface area contributed by atoms with Gasteiger partial charge in [0, 0.05) is 24.5 Å². The SMILES string of the molecule is CCN(C)/C=N/c1cc(Br)c(OCCc2ccc(Br)cc2)nc1C. The molecule has 0 radical (unpaired) electrons. The van der Waals surface area contributed by atoms with Crippen molar-refractivity contribution in [3.8, 4) is 5.88 Å². The number of pyridine rings is 1. The summed E-state index contributed by atoms with van der Waals surface area (Å²) in [5, 5.41) is 0. The summed E-state index contributed by atoms with van der Waals surface area (Å²) in [7, 11) is 1.99. The van der Waals surface area contributed by atoms with Crippen molar-refractivity contribution in [2.75, 3.05) is 20.2 Å². The van der Waals surface area contributed by atoms with E-state index in [1.807, 2.05) is 43.4 Å². The van der Waals surface area contributed by atoms with Gasteiger partial charge in [-0.15, -0.1) is 0 Å². The Kier molecular flexibility index (Phi) is 7.24. The highest BCUT2D eigenvalue weighted by atomic mass is 79.9. The largest absolute Gasteiger partial charge is 0.477 e. The lowest BCUT2D eigenvalue weighted by Crippen LogP contribution is -2.14. The van der Waals surface area contributed by atoms with Crippen molar-refractivity contribution in [1.29, 1.82) is 0 Å². The topological polar surface area (TPSA) is 37.7 Å². The van der Waals surface area contributed by atoms with Crippen molar-refractivity contribution in [3.63, 3.8) is 0 Å². The van der Waals surface area contributed by atoms with E-state index in [9.17, 15) is 0 Å². The average Bonchev–Trinajstić information content (AvgIpc) is 2.57. The molecule has 2 aromatic rings. The first kappa shape index (κ1) is 18.9. The minimum atomic E-state index is 0.577. The summed E-state index contributed by atoms with van der Waals surface area (Å²) in [6.45, 7) is 5.50. The maximum atomic E-state index is 5.82. The van der Waals surface area contributed by atoms with E-state index < -0.39 is 0 Å². The average molecular weight is 455 g/mol. The molecule has 0 aliphatic rings. The highest BCUT2D eigenvalue weighted by Gasteiger charge is 2.08. The second-order valence-corrected chi connectivity index (χ2v) is 7.19. The molecule has 0 aliphatic heterocycles. The zero-order valence-corrected chi connectivity index (χ0v) is 17.3. The molecular weight excluding hydrogens is 434 g/mol. The van der Waals surface area contributed by atoms with E-state index in [-0.39, 0.29) is 0 Å². The van der Waals surface area contributed by atoms with E-state index in [2.05, 4.69) is 60.9 Å². The van der Waals surface area contributed by atoms with Crippen LogP contribution in [-0.4, -0.2) is 36.4 Å². The number of halogens is 2. The summed E-state index contributed by atoms with van der Waals surface area (Å²) in [5.74, 6) is 0.604. The fourth-order valence-corrected chi connectivity index (χ4v) is 2.62. The highest BCUT2D eigenvalue weighted by molar-refractivity contribution is 9.10. The van der Waals surface area contributed by atoms with Gasteiger partial charge >= 0.3 is 0 Å². The molecule has 4 nitrogen and oxygen atoms in total. The van der Waals surface area contributed by atoms with Crippen LogP contribution in [-0.2, 0) is 6.42 Å². The first-order valence-corrected chi connectivity index (χ1v) is 9.37. The molecule has 24 heavy (non-hydrogen) atoms. The Morgan fingerprint density at radius 1 is 1.25 bits per heavy atom. The third kappa shape index (κ3) is 5.60. The molecule has 0 fully saturated rings. The molecule has 0 amide bonds. The molecule has 1 heterocycles. The Morgan fingerprint density at radius 3 is 2.62 bits per heavy atom. The number of ether oxygens (including phenoxy) is 1. The van der Waals surface area contributed by atoms with E-state index in [0.717, 1.165) is 33.3 Å². The molecule has 0 atom stereocenters. The summed E-state index contributed by atoms with van der Waals surface area (Å²) in [4.78, 5) is 11.0. The van der Waals surface area contributed by atoms with Crippen LogP contribution in [0.1, 0.15) is 18.2 Å². The maximum Gasteiger partial charge on any atom is 0.228 e. The molecule has 0 spiro atoms. The molecule has 0 aliphatic carbocycles. The van der Waals surface area contributed by atoms with Crippen LogP contribution in [0.3, 0.4) is 0 Å². The fourth-order valence-electron chi connectivity index (χ4n) is 1.94. The van der Waals surface area contributed by atoms with Gasteiger partial charge in [-0.25, -0.2) is 9.98 Å². The van der Waals surface area contributed by atoms with E-state index >= 15 is 0 Å². The van der Waals surface area contributed by atoms with Gasteiger partial charge in [0.25, 0.3) is 0 Å². The summed E-state index contributed by atoms with van der Waals surface area (Å²) >= 11 is 6.96. The Bertz CT molecular complexity index is 702. The van der Waals surface area contributed by atoms with Crippen LogP contribution in [0.25, 0.3) is 0 Å². The van der Waals surface area contributed by atoms with Gasteiger partial charge in [0.2, 0.25) is 5.88 Å². The summed E-state index contributed by atoms with van der Waals surface area (Å²) in [6.07, 6.45) is 2.65. The van der Waals surface area contributed by atoms with Crippen LogP contribution < -0.4 is 4.74 Å². The molecular formula is C18H21Br2N3O. The Morgan fingerprint density at radius 2 is 1.96 bits per heavy atom. The number of rotatable bonds is 7. The van der Waals surface area contributed by atoms with Gasteiger partial charge < -0.3 is 9.64 Å². The molecule has 0 N–H and O–H groups in total. The summed E-state index contributed by atoms with van der Waals surface area (Å²) in [6, 6.07) is 10.2. The third-order valence-corrected chi connectivity index (χ3v) is 4.64. The van der Waals surface area contributed by atoms with Gasteiger partial charge in [0.15, 0.2) is 0 Å². The minimum Gasteiger partial charge on any atom is -0.477 e. The predicted molar refractivity (Wildman–Crippen MR) is 106 cm³/mol. The second kappa shape index (κ2) is 9.18. The predicted octanol–water partition coefficient (Wildman–Crippen LogP) is 5.15. The zero-order valence-electron chi connectivity index (χ0n) is 14.1. The van der Waals surface area contributed by atoms with Gasteiger partial charge in [0.05, 0.1) is 28.8 Å². The van der Waals surface area contributed by atoms with Gasteiger partial charge in [-0.3, -0.25) is 0 Å². The van der Waals surface area contributed by atoms with Crippen LogP contribution in [0.4, 0.5) is 5.69 Å².